The SMILES string of the molecule is CCOC(=O)c1ncc(C(F)F)c(N)c1CN. The smallest absolute Gasteiger partial charge is 0.357 e. The molecule has 94 valence electrons. The van der Waals surface area contributed by atoms with Gasteiger partial charge in [0.15, 0.2) is 5.69 Å². The third-order valence-electron chi connectivity index (χ3n) is 2.16. The first kappa shape index (κ1) is 13.3. The maximum absolute atomic E-state index is 12.5. The van der Waals surface area contributed by atoms with Crippen LogP contribution in [0.2, 0.25) is 0 Å². The summed E-state index contributed by atoms with van der Waals surface area (Å²) < 4.78 is 29.8. The molecule has 0 saturated carbocycles. The lowest BCUT2D eigenvalue weighted by molar-refractivity contribution is 0.0517. The molecular formula is C10H13F2N3O2. The molecule has 1 aromatic rings. The highest BCUT2D eigenvalue weighted by Gasteiger charge is 2.21. The highest BCUT2D eigenvalue weighted by molar-refractivity contribution is 5.90. The van der Waals surface area contributed by atoms with E-state index < -0.39 is 18.0 Å². The Morgan fingerprint density at radius 1 is 1.59 bits per heavy atom. The van der Waals surface area contributed by atoms with Crippen LogP contribution in [-0.4, -0.2) is 17.6 Å². The van der Waals surface area contributed by atoms with Crippen molar-refractivity contribution in [3.8, 4) is 0 Å². The van der Waals surface area contributed by atoms with Gasteiger partial charge < -0.3 is 16.2 Å². The zero-order chi connectivity index (χ0) is 13.0. The van der Waals surface area contributed by atoms with Gasteiger partial charge in [-0.25, -0.2) is 18.6 Å². The van der Waals surface area contributed by atoms with E-state index in [2.05, 4.69) is 4.98 Å². The number of carbonyl (C=O) groups is 1. The normalized spacial score (nSPS) is 10.6. The van der Waals surface area contributed by atoms with E-state index in [1.807, 2.05) is 0 Å². The molecule has 0 saturated heterocycles. The maximum atomic E-state index is 12.5. The zero-order valence-electron chi connectivity index (χ0n) is 9.24. The van der Waals surface area contributed by atoms with Gasteiger partial charge in [0.25, 0.3) is 6.43 Å². The number of esters is 1. The Balaban J connectivity index is 3.25. The zero-order valence-corrected chi connectivity index (χ0v) is 9.24. The van der Waals surface area contributed by atoms with Crippen LogP contribution in [0.1, 0.15) is 35.0 Å². The number of alkyl halides is 2. The van der Waals surface area contributed by atoms with Crippen molar-refractivity contribution >= 4 is 11.7 Å². The van der Waals surface area contributed by atoms with E-state index in [1.165, 1.54) is 0 Å². The third-order valence-corrected chi connectivity index (χ3v) is 2.16. The summed E-state index contributed by atoms with van der Waals surface area (Å²) in [6.45, 7) is 1.62. The number of carbonyl (C=O) groups excluding carboxylic acids is 1. The second-order valence-corrected chi connectivity index (χ2v) is 3.18. The van der Waals surface area contributed by atoms with Crippen LogP contribution >= 0.6 is 0 Å². The Kier molecular flexibility index (Phi) is 4.33. The highest BCUT2D eigenvalue weighted by atomic mass is 19.3. The second-order valence-electron chi connectivity index (χ2n) is 3.18. The first-order chi connectivity index (χ1) is 8.02. The van der Waals surface area contributed by atoms with Crippen molar-refractivity contribution in [2.45, 2.75) is 19.9 Å². The summed E-state index contributed by atoms with van der Waals surface area (Å²) in [4.78, 5) is 15.1. The van der Waals surface area contributed by atoms with Gasteiger partial charge in [-0.05, 0) is 6.92 Å². The lowest BCUT2D eigenvalue weighted by atomic mass is 10.1. The summed E-state index contributed by atoms with van der Waals surface area (Å²) in [5, 5.41) is 0. The number of hydrogen-bond donors (Lipinski definition) is 2. The molecule has 0 fully saturated rings. The van der Waals surface area contributed by atoms with Crippen LogP contribution in [0.4, 0.5) is 14.5 Å². The molecule has 7 heteroatoms. The molecule has 0 amide bonds. The number of nitrogens with two attached hydrogens (primary N) is 2. The van der Waals surface area contributed by atoms with Gasteiger partial charge in [-0.2, -0.15) is 0 Å². The Hall–Kier alpha value is -1.76. The van der Waals surface area contributed by atoms with Crippen molar-refractivity contribution in [3.63, 3.8) is 0 Å². The highest BCUT2D eigenvalue weighted by Crippen LogP contribution is 2.28. The van der Waals surface area contributed by atoms with Crippen molar-refractivity contribution in [2.24, 2.45) is 5.73 Å². The number of rotatable bonds is 4. The summed E-state index contributed by atoms with van der Waals surface area (Å²) in [7, 11) is 0. The average Bonchev–Trinajstić information content (AvgIpc) is 2.28. The molecule has 0 spiro atoms. The number of ether oxygens (including phenoxy) is 1. The Labute approximate surface area is 96.8 Å². The fraction of sp³-hybridized carbons (Fsp3) is 0.400. The summed E-state index contributed by atoms with van der Waals surface area (Å²) >= 11 is 0. The van der Waals surface area contributed by atoms with Gasteiger partial charge in [0, 0.05) is 24.0 Å². The van der Waals surface area contributed by atoms with Crippen LogP contribution in [-0.2, 0) is 11.3 Å². The van der Waals surface area contributed by atoms with E-state index >= 15 is 0 Å². The molecular weight excluding hydrogens is 232 g/mol. The number of nitrogens with zero attached hydrogens (tertiary/aromatic N) is 1. The number of nitrogen functional groups attached to an aromatic ring is 1. The van der Waals surface area contributed by atoms with Gasteiger partial charge >= 0.3 is 5.97 Å². The lowest BCUT2D eigenvalue weighted by Crippen LogP contribution is -2.16. The Morgan fingerprint density at radius 3 is 2.71 bits per heavy atom. The van der Waals surface area contributed by atoms with E-state index in [1.54, 1.807) is 6.92 Å². The minimum Gasteiger partial charge on any atom is -0.461 e. The summed E-state index contributed by atoms with van der Waals surface area (Å²) in [5.41, 5.74) is 10.2. The van der Waals surface area contributed by atoms with Gasteiger partial charge in [0.2, 0.25) is 0 Å². The predicted octanol–water partition coefficient (Wildman–Crippen LogP) is 1.24. The molecule has 0 unspecified atom stereocenters. The van der Waals surface area contributed by atoms with Crippen LogP contribution in [0.25, 0.3) is 0 Å². The van der Waals surface area contributed by atoms with Crippen LogP contribution in [0.3, 0.4) is 0 Å². The monoisotopic (exact) mass is 245 g/mol. The largest absolute Gasteiger partial charge is 0.461 e. The first-order valence-corrected chi connectivity index (χ1v) is 4.95. The van der Waals surface area contributed by atoms with Crippen LogP contribution in [0.15, 0.2) is 6.20 Å². The van der Waals surface area contributed by atoms with E-state index in [0.717, 1.165) is 6.20 Å². The molecule has 1 heterocycles. The van der Waals surface area contributed by atoms with Gasteiger partial charge in [-0.15, -0.1) is 0 Å². The van der Waals surface area contributed by atoms with E-state index in [-0.39, 0.29) is 30.1 Å². The van der Waals surface area contributed by atoms with E-state index in [0.29, 0.717) is 0 Å². The third kappa shape index (κ3) is 2.68. The molecule has 4 N–H and O–H groups in total. The Bertz CT molecular complexity index is 424. The van der Waals surface area contributed by atoms with Gasteiger partial charge in [0.1, 0.15) is 0 Å². The van der Waals surface area contributed by atoms with Crippen LogP contribution < -0.4 is 11.5 Å². The average molecular weight is 245 g/mol. The molecule has 0 aliphatic heterocycles. The molecule has 1 aromatic heterocycles. The number of aromatic nitrogens is 1. The molecule has 0 aromatic carbocycles. The van der Waals surface area contributed by atoms with E-state index in [4.69, 9.17) is 16.2 Å². The Morgan fingerprint density at radius 2 is 2.24 bits per heavy atom. The molecule has 0 atom stereocenters. The van der Waals surface area contributed by atoms with Gasteiger partial charge in [-0.3, -0.25) is 0 Å². The summed E-state index contributed by atoms with van der Waals surface area (Å²) in [6.07, 6.45) is -1.89. The first-order valence-electron chi connectivity index (χ1n) is 4.95. The molecule has 0 aliphatic rings. The van der Waals surface area contributed by atoms with Crippen molar-refractivity contribution in [1.29, 1.82) is 0 Å². The topological polar surface area (TPSA) is 91.2 Å². The maximum Gasteiger partial charge on any atom is 0.357 e. The molecule has 0 bridgehead atoms. The minimum absolute atomic E-state index is 0.0845. The quantitative estimate of drug-likeness (QED) is 0.778. The van der Waals surface area contributed by atoms with Crippen molar-refractivity contribution in [2.75, 3.05) is 12.3 Å². The minimum atomic E-state index is -2.76. The summed E-state index contributed by atoms with van der Waals surface area (Å²) in [5.74, 6) is -0.722. The van der Waals surface area contributed by atoms with Crippen molar-refractivity contribution in [1.82, 2.24) is 4.98 Å². The van der Waals surface area contributed by atoms with Crippen LogP contribution in [0, 0.1) is 0 Å². The number of halogens is 2. The standard InChI is InChI=1S/C10H13F2N3O2/c1-2-17-10(16)8-5(3-13)7(14)6(4-15-8)9(11)12/h4,9H,2-3,13H2,1H3,(H2,14,15). The van der Waals surface area contributed by atoms with E-state index in [9.17, 15) is 13.6 Å². The number of hydrogen-bond acceptors (Lipinski definition) is 5. The summed E-state index contributed by atoms with van der Waals surface area (Å²) in [6, 6.07) is 0. The molecule has 1 rings (SSSR count). The number of pyridine rings is 1. The lowest BCUT2D eigenvalue weighted by Gasteiger charge is -2.12. The van der Waals surface area contributed by atoms with Crippen LogP contribution in [0.5, 0.6) is 0 Å². The molecule has 0 radical (unpaired) electrons. The van der Waals surface area contributed by atoms with Gasteiger partial charge in [0.05, 0.1) is 12.2 Å². The second kappa shape index (κ2) is 5.53. The number of anilines is 1. The molecule has 17 heavy (non-hydrogen) atoms. The van der Waals surface area contributed by atoms with Crippen molar-refractivity contribution < 1.29 is 18.3 Å². The molecule has 5 nitrogen and oxygen atoms in total. The van der Waals surface area contributed by atoms with Crippen molar-refractivity contribution in [3.05, 3.63) is 23.0 Å². The fourth-order valence-corrected chi connectivity index (χ4v) is 1.34. The predicted molar refractivity (Wildman–Crippen MR) is 57.5 cm³/mol. The molecule has 0 aliphatic carbocycles. The fourth-order valence-electron chi connectivity index (χ4n) is 1.34. The van der Waals surface area contributed by atoms with Gasteiger partial charge in [-0.1, -0.05) is 0 Å².